The third-order valence-corrected chi connectivity index (χ3v) is 6.05. The molecule has 0 spiro atoms. The molecule has 1 atom stereocenters. The van der Waals surface area contributed by atoms with Crippen LogP contribution in [0.4, 0.5) is 21.9 Å². The van der Waals surface area contributed by atoms with Gasteiger partial charge in [0.05, 0.1) is 12.5 Å². The minimum atomic E-state index is -1.03. The Morgan fingerprint density at radius 1 is 0.737 bits per heavy atom. The van der Waals surface area contributed by atoms with Gasteiger partial charge in [0, 0.05) is 35.6 Å². The lowest BCUT2D eigenvalue weighted by molar-refractivity contribution is -0.138. The number of benzene rings is 3. The maximum atomic E-state index is 12.5. The monoisotopic (exact) mass is 524 g/mol. The highest BCUT2D eigenvalue weighted by Gasteiger charge is 2.19. The first kappa shape index (κ1) is 27.9. The zero-order chi connectivity index (χ0) is 27.7. The van der Waals surface area contributed by atoms with Crippen molar-refractivity contribution in [2.75, 3.05) is 16.0 Å². The topological polar surface area (TPSA) is 137 Å². The van der Waals surface area contributed by atoms with Crippen LogP contribution in [0.3, 0.4) is 0 Å². The summed E-state index contributed by atoms with van der Waals surface area (Å²) in [5, 5.41) is 20.2. The van der Waals surface area contributed by atoms with Crippen molar-refractivity contribution in [2.24, 2.45) is 0 Å². The van der Waals surface area contributed by atoms with Gasteiger partial charge in [-0.05, 0) is 73.4 Å². The fourth-order valence-corrected chi connectivity index (χ4v) is 3.76. The van der Waals surface area contributed by atoms with E-state index in [9.17, 15) is 24.3 Å². The van der Waals surface area contributed by atoms with E-state index in [1.807, 2.05) is 57.2 Å². The van der Waals surface area contributed by atoms with Crippen molar-refractivity contribution >= 4 is 40.9 Å². The number of carboxylic acids is 1. The molecule has 0 unspecified atom stereocenters. The van der Waals surface area contributed by atoms with Gasteiger partial charge in [0.1, 0.15) is 0 Å². The lowest BCUT2D eigenvalue weighted by atomic mass is 9.98. The summed E-state index contributed by atoms with van der Waals surface area (Å²) >= 11 is 0. The van der Waals surface area contributed by atoms with Crippen LogP contribution in [-0.2, 0) is 14.4 Å². The van der Waals surface area contributed by atoms with E-state index in [0.29, 0.717) is 22.6 Å². The number of amides is 4. The summed E-state index contributed by atoms with van der Waals surface area (Å²) in [7, 11) is 0. The molecule has 3 rings (SSSR count). The number of urea groups is 1. The van der Waals surface area contributed by atoms with Crippen LogP contribution in [0.15, 0.2) is 66.7 Å². The van der Waals surface area contributed by atoms with Crippen LogP contribution in [0.2, 0.25) is 0 Å². The molecule has 0 bridgehead atoms. The van der Waals surface area contributed by atoms with Crippen molar-refractivity contribution in [3.63, 3.8) is 0 Å². The summed E-state index contributed by atoms with van der Waals surface area (Å²) in [4.78, 5) is 48.4. The van der Waals surface area contributed by atoms with Gasteiger partial charge in [-0.2, -0.15) is 0 Å². The van der Waals surface area contributed by atoms with E-state index >= 15 is 0 Å². The van der Waals surface area contributed by atoms with Gasteiger partial charge in [-0.25, -0.2) is 4.79 Å². The molecule has 0 aliphatic rings. The maximum Gasteiger partial charge on any atom is 0.323 e. The van der Waals surface area contributed by atoms with Crippen LogP contribution < -0.4 is 21.3 Å². The molecule has 0 saturated carbocycles. The Kier molecular flexibility index (Phi) is 9.59. The number of hydrogen-bond donors (Lipinski definition) is 5. The Balaban J connectivity index is 0. The normalized spacial score (nSPS) is 11.2. The molecular weight excluding hydrogens is 484 g/mol. The third-order valence-electron chi connectivity index (χ3n) is 6.05. The molecule has 0 fully saturated rings. The van der Waals surface area contributed by atoms with E-state index in [-0.39, 0.29) is 36.9 Å². The fraction of sp³-hybridized carbons (Fsp3) is 0.241. The van der Waals surface area contributed by atoms with Crippen molar-refractivity contribution in [3.05, 3.63) is 89.0 Å². The first-order chi connectivity index (χ1) is 18.1. The number of rotatable bonds is 10. The van der Waals surface area contributed by atoms with Crippen LogP contribution in [0.25, 0.3) is 0 Å². The lowest BCUT2D eigenvalue weighted by Gasteiger charge is -2.18. The second kappa shape index (κ2) is 13.0. The highest BCUT2D eigenvalue weighted by atomic mass is 16.4. The van der Waals surface area contributed by atoms with E-state index in [2.05, 4.69) is 21.3 Å². The quantitative estimate of drug-likeness (QED) is 0.212. The van der Waals surface area contributed by atoms with Crippen LogP contribution in [0, 0.1) is 20.8 Å². The SMILES string of the molecule is Cc1ccc([C@H](CC(=O)O)NC(=O)CCC(=O)Nc2ccc(NC(=O)Nc3ccccc3C)cc2)cc1C.[HH].[HH].[HH].[HH]. The standard InChI is InChI=1S/C29H32N4O5.4H2/c1-18-8-9-21(16-20(18)3)25(17-28(36)37)32-27(35)15-14-26(34)30-22-10-12-23(13-11-22)31-29(38)33-24-7-5-4-6-19(24)2;;;;/h4-13,16,25H,14-15,17H2,1-3H3,(H,30,34)(H,32,35)(H,36,37)(H2,31,33,38);4*1H/t25-;;;;/m0..../s1. The van der Waals surface area contributed by atoms with Gasteiger partial charge < -0.3 is 26.4 Å². The predicted molar refractivity (Wildman–Crippen MR) is 156 cm³/mol. The number of carboxylic acid groups (broad SMARTS) is 1. The molecule has 0 aliphatic carbocycles. The number of para-hydroxylation sites is 1. The maximum absolute atomic E-state index is 12.5. The van der Waals surface area contributed by atoms with Crippen LogP contribution in [0.1, 0.15) is 53.3 Å². The minimum Gasteiger partial charge on any atom is -0.481 e. The number of aliphatic carboxylic acids is 1. The van der Waals surface area contributed by atoms with Gasteiger partial charge in [0.15, 0.2) is 0 Å². The Morgan fingerprint density at radius 2 is 1.37 bits per heavy atom. The summed E-state index contributed by atoms with van der Waals surface area (Å²) < 4.78 is 0. The van der Waals surface area contributed by atoms with E-state index in [1.165, 1.54) is 0 Å². The first-order valence-electron chi connectivity index (χ1n) is 12.2. The Bertz CT molecular complexity index is 1340. The summed E-state index contributed by atoms with van der Waals surface area (Å²) in [6, 6.07) is 18.5. The van der Waals surface area contributed by atoms with E-state index in [4.69, 9.17) is 0 Å². The second-order valence-corrected chi connectivity index (χ2v) is 9.08. The number of hydrogen-bond acceptors (Lipinski definition) is 4. The van der Waals surface area contributed by atoms with Crippen molar-refractivity contribution in [1.82, 2.24) is 5.32 Å². The molecule has 9 nitrogen and oxygen atoms in total. The molecule has 5 N–H and O–H groups in total. The summed E-state index contributed by atoms with van der Waals surface area (Å²) in [5.74, 6) is -1.81. The van der Waals surface area contributed by atoms with Crippen molar-refractivity contribution in [1.29, 1.82) is 0 Å². The molecule has 4 amide bonds. The second-order valence-electron chi connectivity index (χ2n) is 9.08. The van der Waals surface area contributed by atoms with Crippen LogP contribution in [0.5, 0.6) is 0 Å². The lowest BCUT2D eigenvalue weighted by Crippen LogP contribution is -2.31. The number of carbonyl (C=O) groups is 4. The van der Waals surface area contributed by atoms with Gasteiger partial charge in [-0.3, -0.25) is 14.4 Å². The molecule has 3 aromatic rings. The molecule has 0 radical (unpaired) electrons. The van der Waals surface area contributed by atoms with Crippen molar-refractivity contribution < 1.29 is 30.0 Å². The molecule has 9 heteroatoms. The highest BCUT2D eigenvalue weighted by Crippen LogP contribution is 2.21. The largest absolute Gasteiger partial charge is 0.481 e. The number of aryl methyl sites for hydroxylation is 3. The zero-order valence-electron chi connectivity index (χ0n) is 21.6. The molecule has 0 aromatic heterocycles. The smallest absolute Gasteiger partial charge is 0.323 e. The highest BCUT2D eigenvalue weighted by molar-refractivity contribution is 6.00. The van der Waals surface area contributed by atoms with Gasteiger partial charge in [-0.1, -0.05) is 36.4 Å². The van der Waals surface area contributed by atoms with Gasteiger partial charge in [0.2, 0.25) is 11.8 Å². The summed E-state index contributed by atoms with van der Waals surface area (Å²) in [5.41, 5.74) is 5.48. The Hall–Kier alpha value is -4.66. The van der Waals surface area contributed by atoms with E-state index < -0.39 is 17.9 Å². The predicted octanol–water partition coefficient (Wildman–Crippen LogP) is 6.29. The average Bonchev–Trinajstić information content (AvgIpc) is 2.86. The van der Waals surface area contributed by atoms with Crippen LogP contribution in [-0.4, -0.2) is 28.9 Å². The van der Waals surface area contributed by atoms with Crippen molar-refractivity contribution in [2.45, 2.75) is 46.1 Å². The van der Waals surface area contributed by atoms with E-state index in [1.54, 1.807) is 30.3 Å². The Labute approximate surface area is 227 Å². The molecular formula is C29H40N4O5. The van der Waals surface area contributed by atoms with Crippen molar-refractivity contribution in [3.8, 4) is 0 Å². The third kappa shape index (κ3) is 8.48. The molecule has 0 heterocycles. The van der Waals surface area contributed by atoms with Crippen LogP contribution >= 0.6 is 0 Å². The first-order valence-corrected chi connectivity index (χ1v) is 12.2. The number of carbonyl (C=O) groups excluding carboxylic acids is 3. The average molecular weight is 525 g/mol. The summed E-state index contributed by atoms with van der Waals surface area (Å²) in [6.45, 7) is 5.78. The zero-order valence-corrected chi connectivity index (χ0v) is 21.6. The van der Waals surface area contributed by atoms with E-state index in [0.717, 1.165) is 16.7 Å². The van der Waals surface area contributed by atoms with Gasteiger partial charge in [0.25, 0.3) is 0 Å². The molecule has 0 aliphatic heterocycles. The minimum absolute atomic E-state index is 0. The number of anilines is 3. The molecule has 3 aromatic carbocycles. The molecule has 206 valence electrons. The fourth-order valence-electron chi connectivity index (χ4n) is 3.76. The molecule has 0 saturated heterocycles. The summed E-state index contributed by atoms with van der Waals surface area (Å²) in [6.07, 6.45) is -0.424. The van der Waals surface area contributed by atoms with Gasteiger partial charge >= 0.3 is 12.0 Å². The Morgan fingerprint density at radius 3 is 2.00 bits per heavy atom. The van der Waals surface area contributed by atoms with Gasteiger partial charge in [-0.15, -0.1) is 0 Å². The number of nitrogens with one attached hydrogen (secondary N) is 4. The molecule has 38 heavy (non-hydrogen) atoms.